The van der Waals surface area contributed by atoms with Crippen molar-refractivity contribution in [2.45, 2.75) is 18.6 Å². The highest BCUT2D eigenvalue weighted by Gasteiger charge is 2.26. The quantitative estimate of drug-likeness (QED) is 0.803. The van der Waals surface area contributed by atoms with Crippen molar-refractivity contribution in [3.63, 3.8) is 0 Å². The Morgan fingerprint density at radius 2 is 2.40 bits per heavy atom. The van der Waals surface area contributed by atoms with Crippen molar-refractivity contribution in [2.75, 3.05) is 26.5 Å². The van der Waals surface area contributed by atoms with E-state index in [4.69, 9.17) is 9.47 Å². The molecule has 0 saturated carbocycles. The molecule has 7 heteroatoms. The first-order valence-corrected chi connectivity index (χ1v) is 10.5. The molecule has 1 aliphatic rings. The number of hydrogen-bond acceptors (Lipinski definition) is 6. The molecule has 0 bridgehead atoms. The van der Waals surface area contributed by atoms with Crippen LogP contribution in [0.1, 0.15) is 16.3 Å². The molecule has 1 aliphatic heterocycles. The zero-order chi connectivity index (χ0) is 17.6. The Morgan fingerprint density at radius 1 is 1.52 bits per heavy atom. The van der Waals surface area contributed by atoms with E-state index in [1.807, 2.05) is 18.2 Å². The maximum atomic E-state index is 12.4. The summed E-state index contributed by atoms with van der Waals surface area (Å²) in [4.78, 5) is 17.0. The summed E-state index contributed by atoms with van der Waals surface area (Å²) in [7, 11) is 1.63. The Bertz CT molecular complexity index is 733. The van der Waals surface area contributed by atoms with Crippen molar-refractivity contribution in [2.24, 2.45) is 5.92 Å². The van der Waals surface area contributed by atoms with Crippen LogP contribution in [0.3, 0.4) is 0 Å². The number of benzene rings is 1. The van der Waals surface area contributed by atoms with Crippen LogP contribution in [0.2, 0.25) is 0 Å². The molecule has 1 unspecified atom stereocenters. The zero-order valence-electron chi connectivity index (χ0n) is 14.4. The van der Waals surface area contributed by atoms with Crippen molar-refractivity contribution in [3.05, 3.63) is 39.8 Å². The van der Waals surface area contributed by atoms with Gasteiger partial charge in [-0.2, -0.15) is 11.8 Å². The van der Waals surface area contributed by atoms with Crippen LogP contribution in [-0.4, -0.2) is 37.4 Å². The summed E-state index contributed by atoms with van der Waals surface area (Å²) in [5.41, 5.74) is 2.10. The summed E-state index contributed by atoms with van der Waals surface area (Å²) in [6.45, 7) is 1.01. The smallest absolute Gasteiger partial charge is 0.226 e. The highest BCUT2D eigenvalue weighted by atomic mass is 32.2. The topological polar surface area (TPSA) is 60.5 Å². The second kappa shape index (κ2) is 8.58. The van der Waals surface area contributed by atoms with Gasteiger partial charge in [0.25, 0.3) is 0 Å². The maximum Gasteiger partial charge on any atom is 0.226 e. The van der Waals surface area contributed by atoms with Gasteiger partial charge in [-0.05, 0) is 24.3 Å². The lowest BCUT2D eigenvalue weighted by molar-refractivity contribution is -0.126. The number of thioether (sulfide) groups is 1. The molecule has 2 heterocycles. The number of methoxy groups -OCH3 is 1. The lowest BCUT2D eigenvalue weighted by Gasteiger charge is -2.25. The average molecular weight is 379 g/mol. The third kappa shape index (κ3) is 4.67. The Hall–Kier alpha value is -1.73. The van der Waals surface area contributed by atoms with E-state index < -0.39 is 0 Å². The van der Waals surface area contributed by atoms with Crippen LogP contribution in [0.15, 0.2) is 23.6 Å². The number of thiazole rings is 1. The molecule has 1 N–H and O–H groups in total. The van der Waals surface area contributed by atoms with E-state index in [1.54, 1.807) is 30.2 Å². The summed E-state index contributed by atoms with van der Waals surface area (Å²) < 4.78 is 10.9. The fraction of sp³-hybridized carbons (Fsp3) is 0.444. The van der Waals surface area contributed by atoms with Gasteiger partial charge in [0.05, 0.1) is 18.7 Å². The van der Waals surface area contributed by atoms with Gasteiger partial charge in [0, 0.05) is 30.2 Å². The fourth-order valence-corrected chi connectivity index (χ4v) is 4.31. The summed E-state index contributed by atoms with van der Waals surface area (Å²) in [6.07, 6.45) is 3.53. The van der Waals surface area contributed by atoms with Gasteiger partial charge in [-0.25, -0.2) is 4.98 Å². The molecule has 25 heavy (non-hydrogen) atoms. The minimum atomic E-state index is -0.150. The number of nitrogens with one attached hydrogen (secondary N) is 1. The molecule has 1 atom stereocenters. The third-order valence-corrected chi connectivity index (χ3v) is 5.74. The SMILES string of the molecule is COc1ccc2c(c1)OCC(C(=O)NCCc1csc(CSC)n1)C2. The number of amides is 1. The highest BCUT2D eigenvalue weighted by Crippen LogP contribution is 2.31. The number of carbonyl (C=O) groups excluding carboxylic acids is 1. The first kappa shape index (κ1) is 18.1. The molecule has 0 saturated heterocycles. The Kier molecular flexibility index (Phi) is 6.20. The molecule has 0 radical (unpaired) electrons. The number of rotatable bonds is 7. The zero-order valence-corrected chi connectivity index (χ0v) is 16.0. The van der Waals surface area contributed by atoms with Crippen LogP contribution in [0.4, 0.5) is 0 Å². The number of carbonyl (C=O) groups is 1. The molecule has 1 aromatic carbocycles. The van der Waals surface area contributed by atoms with Gasteiger partial charge in [0.15, 0.2) is 0 Å². The monoisotopic (exact) mass is 378 g/mol. The van der Waals surface area contributed by atoms with Crippen LogP contribution < -0.4 is 14.8 Å². The van der Waals surface area contributed by atoms with Crippen molar-refractivity contribution < 1.29 is 14.3 Å². The van der Waals surface area contributed by atoms with Crippen molar-refractivity contribution in [3.8, 4) is 11.5 Å². The Morgan fingerprint density at radius 3 is 3.20 bits per heavy atom. The van der Waals surface area contributed by atoms with E-state index in [2.05, 4.69) is 21.9 Å². The first-order valence-electron chi connectivity index (χ1n) is 8.19. The molecule has 2 aromatic rings. The van der Waals surface area contributed by atoms with Crippen molar-refractivity contribution in [1.29, 1.82) is 0 Å². The fourth-order valence-electron chi connectivity index (χ4n) is 2.76. The molecule has 0 aliphatic carbocycles. The van der Waals surface area contributed by atoms with Crippen LogP contribution in [0, 0.1) is 5.92 Å². The standard InChI is InChI=1S/C18H22N2O3S2/c1-22-15-4-3-12-7-13(9-23-16(12)8-15)18(21)19-6-5-14-10-25-17(20-14)11-24-2/h3-4,8,10,13H,5-7,9,11H2,1-2H3,(H,19,21). The average Bonchev–Trinajstić information content (AvgIpc) is 3.08. The first-order chi connectivity index (χ1) is 12.2. The molecular weight excluding hydrogens is 356 g/mol. The van der Waals surface area contributed by atoms with Crippen LogP contribution in [-0.2, 0) is 23.4 Å². The van der Waals surface area contributed by atoms with Crippen molar-refractivity contribution >= 4 is 29.0 Å². The minimum absolute atomic E-state index is 0.0426. The van der Waals surface area contributed by atoms with E-state index in [9.17, 15) is 4.79 Å². The number of aromatic nitrogens is 1. The van der Waals surface area contributed by atoms with Gasteiger partial charge >= 0.3 is 0 Å². The predicted octanol–water partition coefficient (Wildman–Crippen LogP) is 2.92. The molecular formula is C18H22N2O3S2. The minimum Gasteiger partial charge on any atom is -0.497 e. The predicted molar refractivity (Wildman–Crippen MR) is 102 cm³/mol. The summed E-state index contributed by atoms with van der Waals surface area (Å²) in [6, 6.07) is 5.74. The van der Waals surface area contributed by atoms with E-state index in [1.165, 1.54) is 0 Å². The van der Waals surface area contributed by atoms with Crippen LogP contribution in [0.5, 0.6) is 11.5 Å². The van der Waals surface area contributed by atoms with E-state index in [0.29, 0.717) is 19.6 Å². The molecule has 134 valence electrons. The third-order valence-electron chi connectivity index (χ3n) is 4.10. The number of ether oxygens (including phenoxy) is 2. The van der Waals surface area contributed by atoms with E-state index in [-0.39, 0.29) is 11.8 Å². The van der Waals surface area contributed by atoms with Gasteiger partial charge in [-0.3, -0.25) is 4.79 Å². The largest absolute Gasteiger partial charge is 0.497 e. The second-order valence-electron chi connectivity index (χ2n) is 5.89. The Labute approximate surface area is 156 Å². The molecule has 0 fully saturated rings. The number of hydrogen-bond donors (Lipinski definition) is 1. The summed E-state index contributed by atoms with van der Waals surface area (Å²) in [5.74, 6) is 2.42. The lowest BCUT2D eigenvalue weighted by atomic mass is 9.96. The molecule has 5 nitrogen and oxygen atoms in total. The summed E-state index contributed by atoms with van der Waals surface area (Å²) >= 11 is 3.45. The van der Waals surface area contributed by atoms with E-state index in [0.717, 1.165) is 39.9 Å². The van der Waals surface area contributed by atoms with Gasteiger partial charge < -0.3 is 14.8 Å². The van der Waals surface area contributed by atoms with Gasteiger partial charge in [-0.1, -0.05) is 6.07 Å². The van der Waals surface area contributed by atoms with Crippen molar-refractivity contribution in [1.82, 2.24) is 10.3 Å². The highest BCUT2D eigenvalue weighted by molar-refractivity contribution is 7.97. The molecule has 1 aromatic heterocycles. The Balaban J connectivity index is 1.48. The van der Waals surface area contributed by atoms with Crippen LogP contribution in [0.25, 0.3) is 0 Å². The molecule has 3 rings (SSSR count). The summed E-state index contributed by atoms with van der Waals surface area (Å²) in [5, 5.41) is 6.23. The lowest BCUT2D eigenvalue weighted by Crippen LogP contribution is -2.38. The normalized spacial score (nSPS) is 16.0. The van der Waals surface area contributed by atoms with Gasteiger partial charge in [-0.15, -0.1) is 11.3 Å². The molecule has 0 spiro atoms. The molecule has 1 amide bonds. The van der Waals surface area contributed by atoms with Gasteiger partial charge in [0.2, 0.25) is 5.91 Å². The number of fused-ring (bicyclic) bond motifs is 1. The van der Waals surface area contributed by atoms with E-state index >= 15 is 0 Å². The van der Waals surface area contributed by atoms with Crippen LogP contribution >= 0.6 is 23.1 Å². The second-order valence-corrected chi connectivity index (χ2v) is 7.70. The number of nitrogens with zero attached hydrogens (tertiary/aromatic N) is 1. The maximum absolute atomic E-state index is 12.4. The van der Waals surface area contributed by atoms with Gasteiger partial charge in [0.1, 0.15) is 23.1 Å².